The highest BCUT2D eigenvalue weighted by molar-refractivity contribution is 8.00. The number of carbonyl (C=O) groups excluding carboxylic acids is 1. The summed E-state index contributed by atoms with van der Waals surface area (Å²) in [5.41, 5.74) is 0. The van der Waals surface area contributed by atoms with Gasteiger partial charge in [-0.25, -0.2) is 0 Å². The van der Waals surface area contributed by atoms with Crippen molar-refractivity contribution in [2.24, 2.45) is 0 Å². The van der Waals surface area contributed by atoms with E-state index in [1.165, 1.54) is 0 Å². The number of esters is 1. The van der Waals surface area contributed by atoms with Gasteiger partial charge >= 0.3 is 5.97 Å². The van der Waals surface area contributed by atoms with Gasteiger partial charge in [-0.05, 0) is 25.5 Å². The van der Waals surface area contributed by atoms with E-state index in [1.54, 1.807) is 11.8 Å². The molecule has 0 N–H and O–H groups in total. The van der Waals surface area contributed by atoms with Gasteiger partial charge in [0.25, 0.3) is 0 Å². The van der Waals surface area contributed by atoms with Gasteiger partial charge in [0.05, 0.1) is 6.61 Å². The second-order valence-corrected chi connectivity index (χ2v) is 3.56. The molecular weight excluding hydrogens is 148 g/mol. The third-order valence-electron chi connectivity index (χ3n) is 1.48. The van der Waals surface area contributed by atoms with Crippen molar-refractivity contribution in [1.29, 1.82) is 0 Å². The van der Waals surface area contributed by atoms with Crippen molar-refractivity contribution in [3.05, 3.63) is 0 Å². The van der Waals surface area contributed by atoms with Crippen LogP contribution in [-0.2, 0) is 9.53 Å². The standard InChI is InChI=1S/C7H12O2S/c1-2-9-7(8)6-4-3-5-10-6/h6H,2-5H2,1H3. The minimum atomic E-state index is -0.0231. The highest BCUT2D eigenvalue weighted by atomic mass is 32.2. The Morgan fingerprint density at radius 1 is 1.80 bits per heavy atom. The fourth-order valence-corrected chi connectivity index (χ4v) is 2.15. The minimum absolute atomic E-state index is 0.0231. The highest BCUT2D eigenvalue weighted by Crippen LogP contribution is 2.26. The van der Waals surface area contributed by atoms with Gasteiger partial charge in [-0.1, -0.05) is 0 Å². The highest BCUT2D eigenvalue weighted by Gasteiger charge is 2.23. The van der Waals surface area contributed by atoms with Gasteiger partial charge in [0.2, 0.25) is 0 Å². The summed E-state index contributed by atoms with van der Waals surface area (Å²) < 4.78 is 4.87. The van der Waals surface area contributed by atoms with E-state index < -0.39 is 0 Å². The third kappa shape index (κ3) is 1.90. The van der Waals surface area contributed by atoms with Crippen molar-refractivity contribution in [3.63, 3.8) is 0 Å². The topological polar surface area (TPSA) is 26.3 Å². The molecule has 3 heteroatoms. The molecule has 1 saturated heterocycles. The number of hydrogen-bond acceptors (Lipinski definition) is 3. The molecule has 0 aromatic heterocycles. The van der Waals surface area contributed by atoms with E-state index in [2.05, 4.69) is 0 Å². The Hall–Kier alpha value is -0.180. The van der Waals surface area contributed by atoms with Crippen molar-refractivity contribution in [2.75, 3.05) is 12.4 Å². The van der Waals surface area contributed by atoms with Crippen LogP contribution in [0.25, 0.3) is 0 Å². The molecule has 1 fully saturated rings. The second-order valence-electron chi connectivity index (χ2n) is 2.25. The fourth-order valence-electron chi connectivity index (χ4n) is 0.999. The second kappa shape index (κ2) is 3.86. The van der Waals surface area contributed by atoms with Crippen LogP contribution in [0.2, 0.25) is 0 Å². The normalized spacial score (nSPS) is 24.7. The molecule has 2 nitrogen and oxygen atoms in total. The summed E-state index contributed by atoms with van der Waals surface area (Å²) in [6.45, 7) is 2.35. The van der Waals surface area contributed by atoms with Crippen molar-refractivity contribution in [2.45, 2.75) is 25.0 Å². The smallest absolute Gasteiger partial charge is 0.319 e. The van der Waals surface area contributed by atoms with Crippen LogP contribution in [-0.4, -0.2) is 23.6 Å². The van der Waals surface area contributed by atoms with Gasteiger partial charge in [-0.15, -0.1) is 11.8 Å². The zero-order valence-corrected chi connectivity index (χ0v) is 6.95. The van der Waals surface area contributed by atoms with Crippen LogP contribution < -0.4 is 0 Å². The monoisotopic (exact) mass is 160 g/mol. The average Bonchev–Trinajstić information content (AvgIpc) is 2.38. The molecular formula is C7H12O2S. The molecule has 0 spiro atoms. The lowest BCUT2D eigenvalue weighted by atomic mass is 10.2. The lowest BCUT2D eigenvalue weighted by Crippen LogP contribution is -2.16. The first kappa shape index (κ1) is 7.92. The van der Waals surface area contributed by atoms with E-state index in [1.807, 2.05) is 6.92 Å². The van der Waals surface area contributed by atoms with Crippen LogP contribution in [0.4, 0.5) is 0 Å². The molecule has 0 aromatic rings. The van der Waals surface area contributed by atoms with Crippen LogP contribution in [0.15, 0.2) is 0 Å². The lowest BCUT2D eigenvalue weighted by molar-refractivity contribution is -0.142. The summed E-state index contributed by atoms with van der Waals surface area (Å²) >= 11 is 1.72. The van der Waals surface area contributed by atoms with E-state index in [9.17, 15) is 4.79 Å². The molecule has 1 heterocycles. The van der Waals surface area contributed by atoms with E-state index in [0.29, 0.717) is 6.61 Å². The minimum Gasteiger partial charge on any atom is -0.465 e. The molecule has 1 aliphatic heterocycles. The fraction of sp³-hybridized carbons (Fsp3) is 0.857. The first-order valence-corrected chi connectivity index (χ1v) is 4.67. The van der Waals surface area contributed by atoms with Gasteiger partial charge in [-0.3, -0.25) is 4.79 Å². The number of hydrogen-bond donors (Lipinski definition) is 0. The number of ether oxygens (including phenoxy) is 1. The van der Waals surface area contributed by atoms with Gasteiger partial charge in [-0.2, -0.15) is 0 Å². The number of carbonyl (C=O) groups is 1. The first-order valence-electron chi connectivity index (χ1n) is 3.63. The number of rotatable bonds is 2. The average molecular weight is 160 g/mol. The van der Waals surface area contributed by atoms with E-state index in [4.69, 9.17) is 4.74 Å². The summed E-state index contributed by atoms with van der Waals surface area (Å²) in [4.78, 5) is 11.0. The molecule has 0 aliphatic carbocycles. The van der Waals surface area contributed by atoms with Crippen LogP contribution >= 0.6 is 11.8 Å². The Kier molecular flexibility index (Phi) is 3.06. The molecule has 1 atom stereocenters. The maximum absolute atomic E-state index is 11.0. The predicted molar refractivity (Wildman–Crippen MR) is 42.1 cm³/mol. The molecule has 0 amide bonds. The maximum Gasteiger partial charge on any atom is 0.319 e. The summed E-state index contributed by atoms with van der Waals surface area (Å²) in [5, 5.41) is 0.139. The molecule has 0 saturated carbocycles. The molecule has 1 unspecified atom stereocenters. The predicted octanol–water partition coefficient (Wildman–Crippen LogP) is 1.45. The molecule has 1 aliphatic rings. The molecule has 1 rings (SSSR count). The summed E-state index contributed by atoms with van der Waals surface area (Å²) in [6, 6.07) is 0. The molecule has 10 heavy (non-hydrogen) atoms. The molecule has 0 aromatic carbocycles. The van der Waals surface area contributed by atoms with Gasteiger partial charge in [0.15, 0.2) is 0 Å². The maximum atomic E-state index is 11.0. The SMILES string of the molecule is CCOC(=O)C1CCCS1. The Labute approximate surface area is 65.3 Å². The summed E-state index contributed by atoms with van der Waals surface area (Å²) in [7, 11) is 0. The Morgan fingerprint density at radius 2 is 2.60 bits per heavy atom. The van der Waals surface area contributed by atoms with E-state index >= 15 is 0 Å². The number of thioether (sulfide) groups is 1. The van der Waals surface area contributed by atoms with Crippen LogP contribution in [0.3, 0.4) is 0 Å². The van der Waals surface area contributed by atoms with Crippen molar-refractivity contribution < 1.29 is 9.53 Å². The van der Waals surface area contributed by atoms with Crippen molar-refractivity contribution in [1.82, 2.24) is 0 Å². The van der Waals surface area contributed by atoms with Gasteiger partial charge < -0.3 is 4.74 Å². The van der Waals surface area contributed by atoms with Crippen LogP contribution in [0, 0.1) is 0 Å². The van der Waals surface area contributed by atoms with Gasteiger partial charge in [0, 0.05) is 0 Å². The van der Waals surface area contributed by atoms with Crippen LogP contribution in [0.1, 0.15) is 19.8 Å². The zero-order valence-electron chi connectivity index (χ0n) is 6.13. The summed E-state index contributed by atoms with van der Waals surface area (Å²) in [6.07, 6.45) is 2.16. The summed E-state index contributed by atoms with van der Waals surface area (Å²) in [5.74, 6) is 1.09. The molecule has 58 valence electrons. The Morgan fingerprint density at radius 3 is 3.10 bits per heavy atom. The van der Waals surface area contributed by atoms with E-state index in [-0.39, 0.29) is 11.2 Å². The van der Waals surface area contributed by atoms with E-state index in [0.717, 1.165) is 18.6 Å². The Balaban J connectivity index is 2.25. The quantitative estimate of drug-likeness (QED) is 0.572. The molecule has 0 radical (unpaired) electrons. The first-order chi connectivity index (χ1) is 4.84. The largest absolute Gasteiger partial charge is 0.465 e. The zero-order chi connectivity index (χ0) is 7.40. The van der Waals surface area contributed by atoms with Gasteiger partial charge in [0.1, 0.15) is 5.25 Å². The lowest BCUT2D eigenvalue weighted by Gasteiger charge is -2.05. The van der Waals surface area contributed by atoms with Crippen molar-refractivity contribution >= 4 is 17.7 Å². The third-order valence-corrected chi connectivity index (χ3v) is 2.83. The Bertz CT molecular complexity index is 119. The molecule has 0 bridgehead atoms. The van der Waals surface area contributed by atoms with Crippen molar-refractivity contribution in [3.8, 4) is 0 Å². The van der Waals surface area contributed by atoms with Crippen LogP contribution in [0.5, 0.6) is 0 Å².